The molecule has 1 fully saturated rings. The molecule has 0 saturated carbocycles. The van der Waals surface area contributed by atoms with Gasteiger partial charge in [0.2, 0.25) is 0 Å². The van der Waals surface area contributed by atoms with Gasteiger partial charge in [-0.15, -0.1) is 0 Å². The van der Waals surface area contributed by atoms with Crippen molar-refractivity contribution in [2.75, 3.05) is 19.7 Å². The summed E-state index contributed by atoms with van der Waals surface area (Å²) in [6.07, 6.45) is 2.01. The summed E-state index contributed by atoms with van der Waals surface area (Å²) in [7, 11) is 0. The number of para-hydroxylation sites is 1. The first kappa shape index (κ1) is 17.6. The van der Waals surface area contributed by atoms with Crippen LogP contribution in [0.1, 0.15) is 28.9 Å². The highest BCUT2D eigenvalue weighted by Gasteiger charge is 2.26. The molecule has 0 radical (unpaired) electrons. The normalized spacial score (nSPS) is 17.3. The molecular weight excluding hydrogens is 343 g/mol. The number of nitrogens with one attached hydrogen (secondary N) is 1. The van der Waals surface area contributed by atoms with Gasteiger partial charge in [-0.25, -0.2) is 4.39 Å². The Labute approximate surface area is 157 Å². The van der Waals surface area contributed by atoms with Gasteiger partial charge in [0.25, 0.3) is 5.91 Å². The largest absolute Gasteiger partial charge is 0.493 e. The number of hydrogen-bond acceptors (Lipinski definition) is 2. The van der Waals surface area contributed by atoms with E-state index < -0.39 is 0 Å². The molecule has 27 heavy (non-hydrogen) atoms. The fraction of sp³-hybridized carbons (Fsp3) is 0.318. The Morgan fingerprint density at radius 1 is 1.26 bits per heavy atom. The SMILES string of the molecule is Cc1cc(F)cc2[nH]c(C(=O)N3CCCC(COc4ccccc4)C3)cc12. The Balaban J connectivity index is 1.44. The second-order valence-corrected chi connectivity index (χ2v) is 7.25. The summed E-state index contributed by atoms with van der Waals surface area (Å²) >= 11 is 0. The third-order valence-corrected chi connectivity index (χ3v) is 5.18. The highest BCUT2D eigenvalue weighted by Crippen LogP contribution is 2.24. The molecule has 5 heteroatoms. The second-order valence-electron chi connectivity index (χ2n) is 7.25. The van der Waals surface area contributed by atoms with Crippen LogP contribution in [-0.4, -0.2) is 35.5 Å². The Kier molecular flexibility index (Phi) is 4.84. The van der Waals surface area contributed by atoms with Crippen LogP contribution in [0.3, 0.4) is 0 Å². The summed E-state index contributed by atoms with van der Waals surface area (Å²) < 4.78 is 19.5. The molecule has 3 aromatic rings. The lowest BCUT2D eigenvalue weighted by Crippen LogP contribution is -2.41. The van der Waals surface area contributed by atoms with Crippen LogP contribution in [-0.2, 0) is 0 Å². The smallest absolute Gasteiger partial charge is 0.270 e. The molecule has 1 aliphatic rings. The molecule has 1 atom stereocenters. The number of nitrogens with zero attached hydrogens (tertiary/aromatic N) is 1. The predicted octanol–water partition coefficient (Wildman–Crippen LogP) is 4.55. The molecule has 4 rings (SSSR count). The first-order valence-electron chi connectivity index (χ1n) is 9.36. The standard InChI is InChI=1S/C22H23FN2O2/c1-15-10-17(23)11-20-19(15)12-21(24-20)22(26)25-9-5-6-16(13-25)14-27-18-7-3-2-4-8-18/h2-4,7-8,10-12,16,24H,5-6,9,13-14H2,1H3. The highest BCUT2D eigenvalue weighted by molar-refractivity contribution is 5.98. The van der Waals surface area contributed by atoms with E-state index >= 15 is 0 Å². The van der Waals surface area contributed by atoms with Gasteiger partial charge in [0.1, 0.15) is 17.3 Å². The number of rotatable bonds is 4. The lowest BCUT2D eigenvalue weighted by atomic mass is 9.98. The summed E-state index contributed by atoms with van der Waals surface area (Å²) in [5.74, 6) is 0.841. The number of aromatic nitrogens is 1. The third kappa shape index (κ3) is 3.82. The van der Waals surface area contributed by atoms with Crippen LogP contribution in [0.4, 0.5) is 4.39 Å². The zero-order chi connectivity index (χ0) is 18.8. The lowest BCUT2D eigenvalue weighted by molar-refractivity contribution is 0.0628. The minimum absolute atomic E-state index is 0.0320. The molecule has 4 nitrogen and oxygen atoms in total. The average Bonchev–Trinajstić information content (AvgIpc) is 3.11. The number of likely N-dealkylation sites (tertiary alicyclic amines) is 1. The van der Waals surface area contributed by atoms with Gasteiger partial charge in [-0.3, -0.25) is 4.79 Å². The molecule has 0 spiro atoms. The van der Waals surface area contributed by atoms with Gasteiger partial charge in [-0.2, -0.15) is 0 Å². The number of H-pyrrole nitrogens is 1. The lowest BCUT2D eigenvalue weighted by Gasteiger charge is -2.32. The molecular formula is C22H23FN2O2. The van der Waals surface area contributed by atoms with E-state index in [-0.39, 0.29) is 11.7 Å². The van der Waals surface area contributed by atoms with E-state index in [1.165, 1.54) is 12.1 Å². The predicted molar refractivity (Wildman–Crippen MR) is 104 cm³/mol. The van der Waals surface area contributed by atoms with Gasteiger partial charge in [0.15, 0.2) is 0 Å². The van der Waals surface area contributed by atoms with Gasteiger partial charge in [0, 0.05) is 29.9 Å². The van der Waals surface area contributed by atoms with Crippen LogP contribution in [0.15, 0.2) is 48.5 Å². The first-order valence-corrected chi connectivity index (χ1v) is 9.36. The van der Waals surface area contributed by atoms with Crippen molar-refractivity contribution >= 4 is 16.8 Å². The number of piperidine rings is 1. The van der Waals surface area contributed by atoms with E-state index in [0.29, 0.717) is 30.3 Å². The van der Waals surface area contributed by atoms with Crippen LogP contribution in [0, 0.1) is 18.7 Å². The summed E-state index contributed by atoms with van der Waals surface area (Å²) in [5, 5.41) is 0.890. The van der Waals surface area contributed by atoms with E-state index in [4.69, 9.17) is 4.74 Å². The molecule has 2 aromatic carbocycles. The van der Waals surface area contributed by atoms with Gasteiger partial charge in [0.05, 0.1) is 6.61 Å². The summed E-state index contributed by atoms with van der Waals surface area (Å²) in [5.41, 5.74) is 2.01. The molecule has 1 amide bonds. The van der Waals surface area contributed by atoms with Crippen LogP contribution >= 0.6 is 0 Å². The third-order valence-electron chi connectivity index (χ3n) is 5.18. The van der Waals surface area contributed by atoms with Crippen LogP contribution in [0.2, 0.25) is 0 Å². The number of ether oxygens (including phenoxy) is 1. The van der Waals surface area contributed by atoms with E-state index in [1.807, 2.05) is 48.2 Å². The van der Waals surface area contributed by atoms with Crippen molar-refractivity contribution in [2.24, 2.45) is 5.92 Å². The van der Waals surface area contributed by atoms with Crippen LogP contribution in [0.5, 0.6) is 5.75 Å². The number of hydrogen-bond donors (Lipinski definition) is 1. The maximum Gasteiger partial charge on any atom is 0.270 e. The number of carbonyl (C=O) groups is 1. The average molecular weight is 366 g/mol. The van der Waals surface area contributed by atoms with Crippen molar-refractivity contribution < 1.29 is 13.9 Å². The van der Waals surface area contributed by atoms with E-state index in [1.54, 1.807) is 0 Å². The van der Waals surface area contributed by atoms with Crippen molar-refractivity contribution in [3.8, 4) is 5.75 Å². The van der Waals surface area contributed by atoms with Crippen molar-refractivity contribution in [1.29, 1.82) is 0 Å². The molecule has 1 saturated heterocycles. The van der Waals surface area contributed by atoms with Gasteiger partial charge < -0.3 is 14.6 Å². The van der Waals surface area contributed by atoms with E-state index in [0.717, 1.165) is 36.1 Å². The van der Waals surface area contributed by atoms with Gasteiger partial charge >= 0.3 is 0 Å². The second kappa shape index (κ2) is 7.43. The van der Waals surface area contributed by atoms with E-state index in [9.17, 15) is 9.18 Å². The number of halogens is 1. The number of carbonyl (C=O) groups excluding carboxylic acids is 1. The monoisotopic (exact) mass is 366 g/mol. The summed E-state index contributed by atoms with van der Waals surface area (Å²) in [4.78, 5) is 17.9. The number of benzene rings is 2. The number of aryl methyl sites for hydroxylation is 1. The maximum atomic E-state index is 13.6. The fourth-order valence-corrected chi connectivity index (χ4v) is 3.78. The quantitative estimate of drug-likeness (QED) is 0.736. The molecule has 1 aliphatic heterocycles. The number of aromatic amines is 1. The molecule has 140 valence electrons. The zero-order valence-corrected chi connectivity index (χ0v) is 15.4. The van der Waals surface area contributed by atoms with Crippen molar-refractivity contribution in [3.05, 3.63) is 65.6 Å². The molecule has 1 N–H and O–H groups in total. The Morgan fingerprint density at radius 2 is 2.07 bits per heavy atom. The van der Waals surface area contributed by atoms with E-state index in [2.05, 4.69) is 4.98 Å². The van der Waals surface area contributed by atoms with Crippen LogP contribution in [0.25, 0.3) is 10.9 Å². The first-order chi connectivity index (χ1) is 13.1. The highest BCUT2D eigenvalue weighted by atomic mass is 19.1. The van der Waals surface area contributed by atoms with Crippen molar-refractivity contribution in [1.82, 2.24) is 9.88 Å². The molecule has 1 aromatic heterocycles. The molecule has 0 bridgehead atoms. The molecule has 1 unspecified atom stereocenters. The Hall–Kier alpha value is -2.82. The maximum absolute atomic E-state index is 13.6. The number of amides is 1. The summed E-state index contributed by atoms with van der Waals surface area (Å²) in [6, 6.07) is 14.5. The zero-order valence-electron chi connectivity index (χ0n) is 15.4. The van der Waals surface area contributed by atoms with Gasteiger partial charge in [-0.1, -0.05) is 18.2 Å². The topological polar surface area (TPSA) is 45.3 Å². The molecule has 0 aliphatic carbocycles. The summed E-state index contributed by atoms with van der Waals surface area (Å²) in [6.45, 7) is 3.87. The van der Waals surface area contributed by atoms with Crippen molar-refractivity contribution in [3.63, 3.8) is 0 Å². The minimum Gasteiger partial charge on any atom is -0.493 e. The Bertz CT molecular complexity index is 952. The minimum atomic E-state index is -0.294. The number of fused-ring (bicyclic) bond motifs is 1. The Morgan fingerprint density at radius 3 is 2.89 bits per heavy atom. The fourth-order valence-electron chi connectivity index (χ4n) is 3.78. The van der Waals surface area contributed by atoms with Gasteiger partial charge in [-0.05, 0) is 55.7 Å². The van der Waals surface area contributed by atoms with Crippen LogP contribution < -0.4 is 4.74 Å². The van der Waals surface area contributed by atoms with Crippen molar-refractivity contribution in [2.45, 2.75) is 19.8 Å². The molecule has 2 heterocycles.